The molecule has 0 bridgehead atoms. The van der Waals surface area contributed by atoms with E-state index in [1.807, 2.05) is 32.9 Å². The van der Waals surface area contributed by atoms with Gasteiger partial charge in [0.1, 0.15) is 12.3 Å². The lowest BCUT2D eigenvalue weighted by Crippen LogP contribution is -2.47. The number of ether oxygens (including phenoxy) is 1. The largest absolute Gasteiger partial charge is 0.494 e. The van der Waals surface area contributed by atoms with E-state index in [4.69, 9.17) is 4.74 Å². The van der Waals surface area contributed by atoms with Crippen molar-refractivity contribution in [2.24, 2.45) is 0 Å². The first-order valence-corrected chi connectivity index (χ1v) is 11.9. The number of piperidine rings is 1. The van der Waals surface area contributed by atoms with Gasteiger partial charge in [0.25, 0.3) is 11.1 Å². The molecule has 2 fully saturated rings. The molecule has 6 nitrogen and oxygen atoms in total. The number of imide groups is 1. The maximum Gasteiger partial charge on any atom is 0.294 e. The van der Waals surface area contributed by atoms with E-state index in [0.29, 0.717) is 18.1 Å². The van der Waals surface area contributed by atoms with Gasteiger partial charge in [-0.25, -0.2) is 0 Å². The maximum absolute atomic E-state index is 12.9. The van der Waals surface area contributed by atoms with Crippen molar-refractivity contribution >= 4 is 34.9 Å². The summed E-state index contributed by atoms with van der Waals surface area (Å²) in [6.45, 7) is 11.2. The molecule has 0 aliphatic carbocycles. The summed E-state index contributed by atoms with van der Waals surface area (Å²) < 4.78 is 5.77. The van der Waals surface area contributed by atoms with Crippen LogP contribution in [0.5, 0.6) is 5.75 Å². The first-order chi connectivity index (χ1) is 14.7. The van der Waals surface area contributed by atoms with E-state index in [1.54, 1.807) is 11.0 Å². The minimum atomic E-state index is -0.396. The average Bonchev–Trinajstić information content (AvgIpc) is 2.97. The van der Waals surface area contributed by atoms with Crippen molar-refractivity contribution in [3.63, 3.8) is 0 Å². The van der Waals surface area contributed by atoms with Crippen LogP contribution in [0.1, 0.15) is 69.6 Å². The van der Waals surface area contributed by atoms with E-state index < -0.39 is 5.91 Å². The van der Waals surface area contributed by atoms with E-state index in [9.17, 15) is 14.4 Å². The number of amides is 3. The average molecular weight is 445 g/mol. The van der Waals surface area contributed by atoms with Crippen molar-refractivity contribution in [3.05, 3.63) is 33.7 Å². The molecule has 2 saturated heterocycles. The molecule has 0 spiro atoms. The standard InChI is InChI=1S/C24H32N2O4S/c1-6-30-20-11-16(4)18(12-19(20)15(2)3)13-21-23(28)26(24(29)31-21)14-22(27)25-10-8-7-9-17(25)5/h11-13,15,17H,6-10,14H2,1-5H3/b21-13-/t17-/m1/s1. The Kier molecular flexibility index (Phi) is 7.46. The molecule has 0 unspecified atom stereocenters. The lowest BCUT2D eigenvalue weighted by Gasteiger charge is -2.34. The number of benzene rings is 1. The number of hydrogen-bond acceptors (Lipinski definition) is 5. The second-order valence-electron chi connectivity index (χ2n) is 8.53. The summed E-state index contributed by atoms with van der Waals surface area (Å²) in [5.74, 6) is 0.553. The van der Waals surface area contributed by atoms with Gasteiger partial charge < -0.3 is 9.64 Å². The van der Waals surface area contributed by atoms with Gasteiger partial charge in [0.05, 0.1) is 11.5 Å². The van der Waals surface area contributed by atoms with Crippen LogP contribution in [0.2, 0.25) is 0 Å². The molecule has 0 N–H and O–H groups in total. The van der Waals surface area contributed by atoms with Gasteiger partial charge in [-0.3, -0.25) is 19.3 Å². The van der Waals surface area contributed by atoms with Crippen LogP contribution < -0.4 is 4.74 Å². The Morgan fingerprint density at radius 3 is 2.68 bits per heavy atom. The normalized spacial score (nSPS) is 20.8. The van der Waals surface area contributed by atoms with Gasteiger partial charge in [-0.2, -0.15) is 0 Å². The monoisotopic (exact) mass is 444 g/mol. The number of carbonyl (C=O) groups is 3. The molecular weight excluding hydrogens is 412 g/mol. The molecule has 2 aliphatic rings. The fourth-order valence-electron chi connectivity index (χ4n) is 4.08. The molecule has 2 heterocycles. The van der Waals surface area contributed by atoms with Gasteiger partial charge in [-0.15, -0.1) is 0 Å². The zero-order valence-electron chi connectivity index (χ0n) is 19.1. The molecule has 0 aromatic heterocycles. The lowest BCUT2D eigenvalue weighted by atomic mass is 9.96. The number of nitrogens with zero attached hydrogens (tertiary/aromatic N) is 2. The van der Waals surface area contributed by atoms with Crippen LogP contribution in [-0.2, 0) is 9.59 Å². The summed E-state index contributed by atoms with van der Waals surface area (Å²) in [7, 11) is 0. The second-order valence-corrected chi connectivity index (χ2v) is 9.53. The predicted octanol–water partition coefficient (Wildman–Crippen LogP) is 4.95. The molecular formula is C24H32N2O4S. The third kappa shape index (κ3) is 5.14. The van der Waals surface area contributed by atoms with Gasteiger partial charge in [-0.1, -0.05) is 13.8 Å². The van der Waals surface area contributed by atoms with Gasteiger partial charge in [0.2, 0.25) is 5.91 Å². The van der Waals surface area contributed by atoms with Crippen LogP contribution in [-0.4, -0.2) is 52.6 Å². The maximum atomic E-state index is 12.9. The topological polar surface area (TPSA) is 66.9 Å². The Morgan fingerprint density at radius 1 is 1.29 bits per heavy atom. The highest BCUT2D eigenvalue weighted by atomic mass is 32.2. The molecule has 1 atom stereocenters. The highest BCUT2D eigenvalue weighted by Gasteiger charge is 2.38. The number of carbonyl (C=O) groups excluding carboxylic acids is 3. The summed E-state index contributed by atoms with van der Waals surface area (Å²) in [5, 5.41) is -0.387. The predicted molar refractivity (Wildman–Crippen MR) is 124 cm³/mol. The van der Waals surface area contributed by atoms with Crippen LogP contribution >= 0.6 is 11.8 Å². The molecule has 168 valence electrons. The number of rotatable bonds is 6. The quantitative estimate of drug-likeness (QED) is 0.581. The molecule has 1 aromatic carbocycles. The third-order valence-corrected chi connectivity index (χ3v) is 6.80. The summed E-state index contributed by atoms with van der Waals surface area (Å²) in [4.78, 5) is 41.4. The Hall–Kier alpha value is -2.28. The minimum Gasteiger partial charge on any atom is -0.494 e. The first kappa shape index (κ1) is 23.4. The molecule has 2 aliphatic heterocycles. The van der Waals surface area contributed by atoms with Crippen LogP contribution in [0, 0.1) is 6.92 Å². The van der Waals surface area contributed by atoms with Crippen molar-refractivity contribution < 1.29 is 19.1 Å². The van der Waals surface area contributed by atoms with Gasteiger partial charge in [0.15, 0.2) is 0 Å². The first-order valence-electron chi connectivity index (χ1n) is 11.0. The smallest absolute Gasteiger partial charge is 0.294 e. The summed E-state index contributed by atoms with van der Waals surface area (Å²) in [6, 6.07) is 4.16. The van der Waals surface area contributed by atoms with E-state index in [0.717, 1.165) is 58.4 Å². The van der Waals surface area contributed by atoms with Crippen LogP contribution in [0.3, 0.4) is 0 Å². The zero-order chi connectivity index (χ0) is 22.7. The van der Waals surface area contributed by atoms with Crippen molar-refractivity contribution in [3.8, 4) is 5.75 Å². The van der Waals surface area contributed by atoms with Crippen LogP contribution in [0.25, 0.3) is 6.08 Å². The van der Waals surface area contributed by atoms with Crippen molar-refractivity contribution in [1.29, 1.82) is 0 Å². The van der Waals surface area contributed by atoms with Gasteiger partial charge in [0, 0.05) is 12.6 Å². The number of aryl methyl sites for hydroxylation is 1. The van der Waals surface area contributed by atoms with Crippen molar-refractivity contribution in [2.75, 3.05) is 19.7 Å². The SMILES string of the molecule is CCOc1cc(C)c(/C=C2\SC(=O)N(CC(=O)N3CCCC[C@H]3C)C2=O)cc1C(C)C. The Balaban J connectivity index is 1.81. The minimum absolute atomic E-state index is 0.151. The van der Waals surface area contributed by atoms with E-state index in [-0.39, 0.29) is 29.7 Å². The summed E-state index contributed by atoms with van der Waals surface area (Å²) in [5.41, 5.74) is 2.92. The number of likely N-dealkylation sites (tertiary alicyclic amines) is 1. The van der Waals surface area contributed by atoms with Crippen LogP contribution in [0.4, 0.5) is 4.79 Å². The summed E-state index contributed by atoms with van der Waals surface area (Å²) >= 11 is 0.900. The van der Waals surface area contributed by atoms with Crippen LogP contribution in [0.15, 0.2) is 17.0 Å². The van der Waals surface area contributed by atoms with Crippen molar-refractivity contribution in [2.45, 2.75) is 65.8 Å². The van der Waals surface area contributed by atoms with Gasteiger partial charge >= 0.3 is 0 Å². The van der Waals surface area contributed by atoms with Gasteiger partial charge in [-0.05, 0) is 92.6 Å². The van der Waals surface area contributed by atoms with Crippen molar-refractivity contribution in [1.82, 2.24) is 9.80 Å². The lowest BCUT2D eigenvalue weighted by molar-refractivity contribution is -0.138. The number of thioether (sulfide) groups is 1. The Bertz CT molecular complexity index is 909. The molecule has 3 rings (SSSR count). The second kappa shape index (κ2) is 9.90. The third-order valence-electron chi connectivity index (χ3n) is 5.90. The fraction of sp³-hybridized carbons (Fsp3) is 0.542. The Labute approximate surface area is 189 Å². The Morgan fingerprint density at radius 2 is 2.03 bits per heavy atom. The molecule has 31 heavy (non-hydrogen) atoms. The van der Waals surface area contributed by atoms with E-state index in [2.05, 4.69) is 13.8 Å². The molecule has 0 saturated carbocycles. The highest BCUT2D eigenvalue weighted by Crippen LogP contribution is 2.35. The van der Waals surface area contributed by atoms with E-state index >= 15 is 0 Å². The van der Waals surface area contributed by atoms with E-state index in [1.165, 1.54) is 0 Å². The highest BCUT2D eigenvalue weighted by molar-refractivity contribution is 8.18. The molecule has 3 amide bonds. The summed E-state index contributed by atoms with van der Waals surface area (Å²) in [6.07, 6.45) is 4.79. The fourth-order valence-corrected chi connectivity index (χ4v) is 4.90. The molecule has 0 radical (unpaired) electrons. The molecule has 1 aromatic rings. The number of hydrogen-bond donors (Lipinski definition) is 0. The zero-order valence-corrected chi connectivity index (χ0v) is 19.9. The molecule has 7 heteroatoms.